The average Bonchev–Trinajstić information content (AvgIpc) is 2.45. The van der Waals surface area contributed by atoms with E-state index in [1.165, 1.54) is 10.8 Å². The molecule has 0 atom stereocenters. The highest BCUT2D eigenvalue weighted by Gasteiger charge is 2.04. The van der Waals surface area contributed by atoms with Gasteiger partial charge >= 0.3 is 0 Å². The number of nitrogens with zero attached hydrogens (tertiary/aromatic N) is 1. The number of nitrogens with one attached hydrogen (secondary N) is 2. The van der Waals surface area contributed by atoms with Gasteiger partial charge in [-0.05, 0) is 30.8 Å². The van der Waals surface area contributed by atoms with Gasteiger partial charge in [0.25, 0.3) is 0 Å². The van der Waals surface area contributed by atoms with Crippen molar-refractivity contribution < 1.29 is 0 Å². The fourth-order valence-electron chi connectivity index (χ4n) is 2.12. The first-order valence-corrected chi connectivity index (χ1v) is 7.18. The van der Waals surface area contributed by atoms with E-state index in [0.29, 0.717) is 0 Å². The number of pyridine rings is 1. The van der Waals surface area contributed by atoms with E-state index in [4.69, 9.17) is 4.98 Å². The van der Waals surface area contributed by atoms with Crippen LogP contribution in [0, 0.1) is 0 Å². The van der Waals surface area contributed by atoms with Gasteiger partial charge < -0.3 is 10.6 Å². The molecule has 3 nitrogen and oxygen atoms in total. The van der Waals surface area contributed by atoms with Crippen molar-refractivity contribution in [2.24, 2.45) is 0 Å². The molecule has 0 aliphatic heterocycles. The normalized spacial score (nSPS) is 10.8. The lowest BCUT2D eigenvalue weighted by Gasteiger charge is -2.11. The van der Waals surface area contributed by atoms with Crippen molar-refractivity contribution in [1.29, 1.82) is 0 Å². The first-order valence-electron chi connectivity index (χ1n) is 7.18. The highest BCUT2D eigenvalue weighted by Crippen LogP contribution is 2.22. The van der Waals surface area contributed by atoms with Gasteiger partial charge in [-0.15, -0.1) is 0 Å². The Hall–Kier alpha value is -1.61. The fourth-order valence-corrected chi connectivity index (χ4v) is 2.12. The van der Waals surface area contributed by atoms with Crippen LogP contribution in [0.15, 0.2) is 30.3 Å². The summed E-state index contributed by atoms with van der Waals surface area (Å²) in [6, 6.07) is 10.6. The van der Waals surface area contributed by atoms with Crippen LogP contribution in [0.3, 0.4) is 0 Å². The summed E-state index contributed by atoms with van der Waals surface area (Å²) >= 11 is 0. The van der Waals surface area contributed by atoms with Gasteiger partial charge in [-0.2, -0.15) is 0 Å². The van der Waals surface area contributed by atoms with Crippen LogP contribution in [0.1, 0.15) is 32.4 Å². The molecule has 0 aliphatic rings. The number of benzene rings is 1. The van der Waals surface area contributed by atoms with Crippen LogP contribution < -0.4 is 10.6 Å². The summed E-state index contributed by atoms with van der Waals surface area (Å²) in [5.41, 5.74) is 1.10. The van der Waals surface area contributed by atoms with Crippen molar-refractivity contribution in [2.45, 2.75) is 33.2 Å². The maximum absolute atomic E-state index is 4.74. The molecular weight excluding hydrogens is 234 g/mol. The largest absolute Gasteiger partial charge is 0.370 e. The number of fused-ring (bicyclic) bond motifs is 1. The smallest absolute Gasteiger partial charge is 0.134 e. The van der Waals surface area contributed by atoms with E-state index in [1.807, 2.05) is 0 Å². The van der Waals surface area contributed by atoms with Crippen LogP contribution >= 0.6 is 0 Å². The van der Waals surface area contributed by atoms with Gasteiger partial charge in [-0.25, -0.2) is 4.98 Å². The summed E-state index contributed by atoms with van der Waals surface area (Å²) in [5, 5.41) is 9.30. The van der Waals surface area contributed by atoms with Crippen molar-refractivity contribution in [2.75, 3.05) is 18.4 Å². The zero-order valence-corrected chi connectivity index (χ0v) is 11.9. The summed E-state index contributed by atoms with van der Waals surface area (Å²) in [6.07, 6.45) is 2.25. The van der Waals surface area contributed by atoms with Crippen LogP contribution in [0.4, 0.5) is 5.82 Å². The summed E-state index contributed by atoms with van der Waals surface area (Å²) in [4.78, 5) is 4.74. The van der Waals surface area contributed by atoms with Crippen LogP contribution in [0.2, 0.25) is 0 Å². The Morgan fingerprint density at radius 1 is 1.05 bits per heavy atom. The van der Waals surface area contributed by atoms with Crippen molar-refractivity contribution in [3.63, 3.8) is 0 Å². The molecule has 2 aromatic rings. The van der Waals surface area contributed by atoms with Crippen LogP contribution in [-0.2, 0) is 6.54 Å². The van der Waals surface area contributed by atoms with Crippen molar-refractivity contribution >= 4 is 16.6 Å². The lowest BCUT2D eigenvalue weighted by Crippen LogP contribution is -2.15. The second-order valence-corrected chi connectivity index (χ2v) is 4.79. The number of anilines is 1. The minimum Gasteiger partial charge on any atom is -0.370 e. The van der Waals surface area contributed by atoms with E-state index in [1.54, 1.807) is 0 Å². The quantitative estimate of drug-likeness (QED) is 0.745. The molecule has 0 amide bonds. The highest BCUT2D eigenvalue weighted by atomic mass is 15.0. The van der Waals surface area contributed by atoms with Crippen molar-refractivity contribution in [3.8, 4) is 0 Å². The average molecular weight is 257 g/mol. The maximum Gasteiger partial charge on any atom is 0.134 e. The number of aromatic nitrogens is 1. The van der Waals surface area contributed by atoms with Gasteiger partial charge in [0.2, 0.25) is 0 Å². The third-order valence-electron chi connectivity index (χ3n) is 3.07. The molecule has 19 heavy (non-hydrogen) atoms. The van der Waals surface area contributed by atoms with Gasteiger partial charge in [0.05, 0.1) is 5.69 Å². The molecule has 2 rings (SSSR count). The lowest BCUT2D eigenvalue weighted by molar-refractivity contribution is 0.665. The minimum absolute atomic E-state index is 0.833. The second kappa shape index (κ2) is 7.10. The second-order valence-electron chi connectivity index (χ2n) is 4.79. The molecule has 2 N–H and O–H groups in total. The van der Waals surface area contributed by atoms with Gasteiger partial charge in [0.1, 0.15) is 5.82 Å². The van der Waals surface area contributed by atoms with E-state index < -0.39 is 0 Å². The van der Waals surface area contributed by atoms with Gasteiger partial charge in [-0.3, -0.25) is 0 Å². The molecule has 1 aromatic carbocycles. The molecule has 1 heterocycles. The monoisotopic (exact) mass is 257 g/mol. The molecule has 0 spiro atoms. The Labute approximate surface area is 115 Å². The Balaban J connectivity index is 2.27. The zero-order valence-electron chi connectivity index (χ0n) is 11.9. The molecule has 0 unspecified atom stereocenters. The fraction of sp³-hybridized carbons (Fsp3) is 0.438. The standard InChI is InChI=1S/C16H23N3/c1-3-9-17-12-14-11-13-7-5-6-8-15(13)16(19-14)18-10-4-2/h5-8,11,17H,3-4,9-10,12H2,1-2H3,(H,18,19). The molecule has 0 bridgehead atoms. The van der Waals surface area contributed by atoms with Crippen LogP contribution in [0.25, 0.3) is 10.8 Å². The lowest BCUT2D eigenvalue weighted by atomic mass is 10.1. The van der Waals surface area contributed by atoms with Gasteiger partial charge in [-0.1, -0.05) is 38.1 Å². The molecule has 0 aliphatic carbocycles. The Kier molecular flexibility index (Phi) is 5.16. The van der Waals surface area contributed by atoms with Crippen LogP contribution in [-0.4, -0.2) is 18.1 Å². The SMILES string of the molecule is CCCNCc1cc2ccccc2c(NCCC)n1. The molecule has 102 valence electrons. The number of hydrogen-bond donors (Lipinski definition) is 2. The third kappa shape index (κ3) is 3.67. The van der Waals surface area contributed by atoms with Crippen molar-refractivity contribution in [1.82, 2.24) is 10.3 Å². The first-order chi connectivity index (χ1) is 9.35. The van der Waals surface area contributed by atoms with E-state index in [2.05, 4.69) is 54.8 Å². The van der Waals surface area contributed by atoms with E-state index in [0.717, 1.165) is 44.0 Å². The Morgan fingerprint density at radius 3 is 2.63 bits per heavy atom. The predicted octanol–water partition coefficient (Wildman–Crippen LogP) is 3.56. The molecule has 0 radical (unpaired) electrons. The summed E-state index contributed by atoms with van der Waals surface area (Å²) in [7, 11) is 0. The van der Waals surface area contributed by atoms with Crippen molar-refractivity contribution in [3.05, 3.63) is 36.0 Å². The third-order valence-corrected chi connectivity index (χ3v) is 3.07. The highest BCUT2D eigenvalue weighted by molar-refractivity contribution is 5.92. The predicted molar refractivity (Wildman–Crippen MR) is 82.5 cm³/mol. The Bertz CT molecular complexity index is 522. The maximum atomic E-state index is 4.74. The van der Waals surface area contributed by atoms with E-state index in [9.17, 15) is 0 Å². The van der Waals surface area contributed by atoms with Gasteiger partial charge in [0, 0.05) is 18.5 Å². The molecule has 0 saturated carbocycles. The molecule has 0 fully saturated rings. The zero-order chi connectivity index (χ0) is 13.5. The number of rotatable bonds is 7. The summed E-state index contributed by atoms with van der Waals surface area (Å²) in [6.45, 7) is 7.17. The Morgan fingerprint density at radius 2 is 1.84 bits per heavy atom. The molecule has 3 heteroatoms. The van der Waals surface area contributed by atoms with Gasteiger partial charge in [0.15, 0.2) is 0 Å². The molecular formula is C16H23N3. The molecule has 0 saturated heterocycles. The number of hydrogen-bond acceptors (Lipinski definition) is 3. The summed E-state index contributed by atoms with van der Waals surface area (Å²) in [5.74, 6) is 1.01. The van der Waals surface area contributed by atoms with Crippen LogP contribution in [0.5, 0.6) is 0 Å². The van der Waals surface area contributed by atoms with E-state index in [-0.39, 0.29) is 0 Å². The molecule has 1 aromatic heterocycles. The summed E-state index contributed by atoms with van der Waals surface area (Å²) < 4.78 is 0. The topological polar surface area (TPSA) is 37.0 Å². The van der Waals surface area contributed by atoms with E-state index >= 15 is 0 Å². The first kappa shape index (κ1) is 13.8. The minimum atomic E-state index is 0.833.